The van der Waals surface area contributed by atoms with E-state index >= 15 is 0 Å². The number of hydrogen-bond donors (Lipinski definition) is 2. The van der Waals surface area contributed by atoms with Crippen LogP contribution in [-0.4, -0.2) is 69.9 Å². The Kier molecular flexibility index (Phi) is 4.75. The van der Waals surface area contributed by atoms with Crippen LogP contribution in [0.4, 0.5) is 5.82 Å². The van der Waals surface area contributed by atoms with Gasteiger partial charge in [0, 0.05) is 32.4 Å². The molecule has 2 rings (SSSR count). The summed E-state index contributed by atoms with van der Waals surface area (Å²) in [6.07, 6.45) is 2.65. The molecule has 1 aliphatic heterocycles. The molecular weight excluding hydrogens is 246 g/mol. The number of hydrogen-bond acceptors (Lipinski definition) is 5. The summed E-state index contributed by atoms with van der Waals surface area (Å²) in [6, 6.07) is 1.68. The smallest absolute Gasteiger partial charge is 0.244 e. The average Bonchev–Trinajstić information content (AvgIpc) is 2.65. The highest BCUT2D eigenvalue weighted by atomic mass is 16.3. The molecule has 0 atom stereocenters. The minimum Gasteiger partial charge on any atom is -0.395 e. The lowest BCUT2D eigenvalue weighted by Crippen LogP contribution is -2.37. The van der Waals surface area contributed by atoms with E-state index in [1.54, 1.807) is 16.9 Å². The number of aliphatic hydroxyl groups excluding tert-OH is 1. The lowest BCUT2D eigenvalue weighted by atomic mass is 10.3. The van der Waals surface area contributed by atoms with E-state index in [1.165, 1.54) is 0 Å². The van der Waals surface area contributed by atoms with Crippen molar-refractivity contribution in [3.8, 4) is 0 Å². The van der Waals surface area contributed by atoms with E-state index in [2.05, 4.69) is 10.00 Å². The fraction of sp³-hybridized carbons (Fsp3) is 0.667. The van der Waals surface area contributed by atoms with Crippen LogP contribution in [0.3, 0.4) is 0 Å². The summed E-state index contributed by atoms with van der Waals surface area (Å²) >= 11 is 0. The van der Waals surface area contributed by atoms with Gasteiger partial charge in [-0.2, -0.15) is 5.10 Å². The molecule has 7 heteroatoms. The van der Waals surface area contributed by atoms with Gasteiger partial charge in [0.1, 0.15) is 12.4 Å². The van der Waals surface area contributed by atoms with Gasteiger partial charge >= 0.3 is 0 Å². The van der Waals surface area contributed by atoms with E-state index in [9.17, 15) is 4.79 Å². The molecule has 1 saturated heterocycles. The van der Waals surface area contributed by atoms with Crippen molar-refractivity contribution in [2.45, 2.75) is 13.0 Å². The van der Waals surface area contributed by atoms with Crippen molar-refractivity contribution in [3.63, 3.8) is 0 Å². The fourth-order valence-corrected chi connectivity index (χ4v) is 2.29. The first kappa shape index (κ1) is 13.8. The second kappa shape index (κ2) is 6.53. The molecule has 0 unspecified atom stereocenters. The first-order valence-corrected chi connectivity index (χ1v) is 6.59. The molecule has 3 N–H and O–H groups in total. The molecule has 19 heavy (non-hydrogen) atoms. The molecule has 0 radical (unpaired) electrons. The molecule has 0 spiro atoms. The third-order valence-electron chi connectivity index (χ3n) is 3.32. The summed E-state index contributed by atoms with van der Waals surface area (Å²) in [4.78, 5) is 16.2. The number of nitrogens with two attached hydrogens (primary N) is 1. The Labute approximate surface area is 112 Å². The van der Waals surface area contributed by atoms with Crippen molar-refractivity contribution in [2.24, 2.45) is 0 Å². The number of amides is 1. The summed E-state index contributed by atoms with van der Waals surface area (Å²) in [7, 11) is 0. The van der Waals surface area contributed by atoms with Gasteiger partial charge in [0.2, 0.25) is 5.91 Å². The van der Waals surface area contributed by atoms with Gasteiger partial charge in [-0.05, 0) is 19.0 Å². The lowest BCUT2D eigenvalue weighted by molar-refractivity contribution is -0.131. The van der Waals surface area contributed by atoms with Crippen molar-refractivity contribution in [1.82, 2.24) is 19.6 Å². The number of anilines is 1. The van der Waals surface area contributed by atoms with Gasteiger partial charge in [-0.3, -0.25) is 14.4 Å². The van der Waals surface area contributed by atoms with Gasteiger partial charge in [0.25, 0.3) is 0 Å². The molecule has 0 bridgehead atoms. The molecule has 1 fully saturated rings. The summed E-state index contributed by atoms with van der Waals surface area (Å²) in [6.45, 7) is 4.29. The summed E-state index contributed by atoms with van der Waals surface area (Å²) < 4.78 is 1.56. The maximum atomic E-state index is 12.2. The van der Waals surface area contributed by atoms with Crippen LogP contribution < -0.4 is 5.73 Å². The maximum absolute atomic E-state index is 12.2. The number of rotatable bonds is 4. The Hall–Kier alpha value is -1.60. The second-order valence-corrected chi connectivity index (χ2v) is 4.74. The Morgan fingerprint density at radius 3 is 2.89 bits per heavy atom. The van der Waals surface area contributed by atoms with E-state index in [4.69, 9.17) is 10.8 Å². The van der Waals surface area contributed by atoms with Gasteiger partial charge in [-0.25, -0.2) is 0 Å². The minimum atomic E-state index is 0.0638. The van der Waals surface area contributed by atoms with E-state index in [-0.39, 0.29) is 19.1 Å². The monoisotopic (exact) mass is 267 g/mol. The number of nitrogens with zero attached hydrogens (tertiary/aromatic N) is 4. The third kappa shape index (κ3) is 3.93. The van der Waals surface area contributed by atoms with Crippen LogP contribution in [0, 0.1) is 0 Å². The van der Waals surface area contributed by atoms with Crippen molar-refractivity contribution in [1.29, 1.82) is 0 Å². The third-order valence-corrected chi connectivity index (χ3v) is 3.32. The Morgan fingerprint density at radius 2 is 2.21 bits per heavy atom. The zero-order valence-corrected chi connectivity index (χ0v) is 11.0. The predicted molar refractivity (Wildman–Crippen MR) is 71.4 cm³/mol. The highest BCUT2D eigenvalue weighted by Crippen LogP contribution is 2.05. The van der Waals surface area contributed by atoms with Crippen molar-refractivity contribution >= 4 is 11.7 Å². The van der Waals surface area contributed by atoms with Crippen molar-refractivity contribution in [2.75, 3.05) is 45.1 Å². The molecule has 1 amide bonds. The van der Waals surface area contributed by atoms with Crippen LogP contribution in [0.15, 0.2) is 12.3 Å². The summed E-state index contributed by atoms with van der Waals surface area (Å²) in [5, 5.41) is 13.0. The first-order valence-electron chi connectivity index (χ1n) is 6.59. The van der Waals surface area contributed by atoms with Gasteiger partial charge < -0.3 is 15.7 Å². The van der Waals surface area contributed by atoms with E-state index in [1.807, 2.05) is 4.90 Å². The number of nitrogen functional groups attached to an aromatic ring is 1. The normalized spacial score (nSPS) is 17.4. The average molecular weight is 267 g/mol. The summed E-state index contributed by atoms with van der Waals surface area (Å²) in [5.74, 6) is 0.492. The quantitative estimate of drug-likeness (QED) is 0.730. The topological polar surface area (TPSA) is 87.6 Å². The molecule has 7 nitrogen and oxygen atoms in total. The maximum Gasteiger partial charge on any atom is 0.244 e. The molecule has 1 aromatic rings. The highest BCUT2D eigenvalue weighted by molar-refractivity contribution is 5.76. The van der Waals surface area contributed by atoms with Crippen LogP contribution in [0.5, 0.6) is 0 Å². The standard InChI is InChI=1S/C12H21N5O2/c13-11-2-5-17(14-11)10-12(19)16-4-1-3-15(6-7-16)8-9-18/h2,5,18H,1,3-4,6-10H2,(H2,13,14). The zero-order chi connectivity index (χ0) is 13.7. The van der Waals surface area contributed by atoms with Crippen LogP contribution >= 0.6 is 0 Å². The number of β-amino-alcohol motifs (C(OH)–C–C–N with tert-alkyl or cyclic N) is 1. The largest absolute Gasteiger partial charge is 0.395 e. The summed E-state index contributed by atoms with van der Waals surface area (Å²) in [5.41, 5.74) is 5.52. The molecular formula is C12H21N5O2. The molecule has 0 aromatic carbocycles. The van der Waals surface area contributed by atoms with Crippen molar-refractivity contribution < 1.29 is 9.90 Å². The molecule has 0 aliphatic carbocycles. The fourth-order valence-electron chi connectivity index (χ4n) is 2.29. The SMILES string of the molecule is Nc1ccn(CC(=O)N2CCCN(CCO)CC2)n1. The number of carbonyl (C=O) groups excluding carboxylic acids is 1. The predicted octanol–water partition coefficient (Wildman–Crippen LogP) is -1.01. The van der Waals surface area contributed by atoms with Gasteiger partial charge in [-0.1, -0.05) is 0 Å². The Morgan fingerprint density at radius 1 is 1.37 bits per heavy atom. The van der Waals surface area contributed by atoms with Crippen molar-refractivity contribution in [3.05, 3.63) is 12.3 Å². The number of aliphatic hydroxyl groups is 1. The van der Waals surface area contributed by atoms with E-state index in [0.717, 1.165) is 26.1 Å². The molecule has 1 aliphatic rings. The van der Waals surface area contributed by atoms with Crippen LogP contribution in [0.25, 0.3) is 0 Å². The van der Waals surface area contributed by atoms with Crippen LogP contribution in [0.2, 0.25) is 0 Å². The zero-order valence-electron chi connectivity index (χ0n) is 11.0. The minimum absolute atomic E-state index is 0.0638. The highest BCUT2D eigenvalue weighted by Gasteiger charge is 2.19. The van der Waals surface area contributed by atoms with E-state index in [0.29, 0.717) is 18.9 Å². The second-order valence-electron chi connectivity index (χ2n) is 4.74. The van der Waals surface area contributed by atoms with Gasteiger partial charge in [-0.15, -0.1) is 0 Å². The number of carbonyl (C=O) groups is 1. The molecule has 0 saturated carbocycles. The van der Waals surface area contributed by atoms with Crippen LogP contribution in [-0.2, 0) is 11.3 Å². The Bertz CT molecular complexity index is 420. The number of aromatic nitrogens is 2. The van der Waals surface area contributed by atoms with Crippen LogP contribution in [0.1, 0.15) is 6.42 Å². The molecule has 106 valence electrons. The van der Waals surface area contributed by atoms with Gasteiger partial charge in [0.15, 0.2) is 0 Å². The lowest BCUT2D eigenvalue weighted by Gasteiger charge is -2.21. The first-order chi connectivity index (χ1) is 9.19. The van der Waals surface area contributed by atoms with Gasteiger partial charge in [0.05, 0.1) is 6.61 Å². The van der Waals surface area contributed by atoms with E-state index < -0.39 is 0 Å². The molecule has 1 aromatic heterocycles. The molecule has 2 heterocycles. The Balaban J connectivity index is 1.85.